The van der Waals surface area contributed by atoms with E-state index in [0.717, 1.165) is 11.1 Å². The number of rotatable bonds is 12. The molecular formula is C21H26F3NO4. The summed E-state index contributed by atoms with van der Waals surface area (Å²) in [4.78, 5) is 1.75. The Morgan fingerprint density at radius 1 is 0.828 bits per heavy atom. The maximum absolute atomic E-state index is 12.9. The van der Waals surface area contributed by atoms with E-state index in [4.69, 9.17) is 9.47 Å². The SMILES string of the molecule is COc1ccc(CN(Cc2ccc(OC)cc2)C(O)CCOC(F)C(F)F)cc1. The summed E-state index contributed by atoms with van der Waals surface area (Å²) in [6.07, 6.45) is -6.89. The van der Waals surface area contributed by atoms with Gasteiger partial charge in [-0.25, -0.2) is 13.2 Å². The van der Waals surface area contributed by atoms with Crippen molar-refractivity contribution in [1.29, 1.82) is 0 Å². The number of nitrogens with zero attached hydrogens (tertiary/aromatic N) is 1. The fraction of sp³-hybridized carbons (Fsp3) is 0.429. The maximum Gasteiger partial charge on any atom is 0.293 e. The lowest BCUT2D eigenvalue weighted by molar-refractivity contribution is -0.139. The second-order valence-corrected chi connectivity index (χ2v) is 6.43. The van der Waals surface area contributed by atoms with E-state index >= 15 is 0 Å². The van der Waals surface area contributed by atoms with E-state index in [0.29, 0.717) is 24.6 Å². The number of alkyl halides is 3. The van der Waals surface area contributed by atoms with Crippen LogP contribution in [0, 0.1) is 0 Å². The fourth-order valence-electron chi connectivity index (χ4n) is 2.74. The lowest BCUT2D eigenvalue weighted by Gasteiger charge is -2.28. The summed E-state index contributed by atoms with van der Waals surface area (Å²) in [5.74, 6) is 1.43. The zero-order chi connectivity index (χ0) is 21.2. The van der Waals surface area contributed by atoms with Crippen LogP contribution in [0.25, 0.3) is 0 Å². The third-order valence-corrected chi connectivity index (χ3v) is 4.36. The molecule has 2 aromatic carbocycles. The molecule has 5 nitrogen and oxygen atoms in total. The van der Waals surface area contributed by atoms with E-state index in [1.165, 1.54) is 0 Å². The van der Waals surface area contributed by atoms with Crippen molar-refractivity contribution in [2.75, 3.05) is 20.8 Å². The predicted octanol–water partition coefficient (Wildman–Crippen LogP) is 3.99. The van der Waals surface area contributed by atoms with Gasteiger partial charge in [0.15, 0.2) is 0 Å². The number of aliphatic hydroxyl groups is 1. The van der Waals surface area contributed by atoms with Crippen molar-refractivity contribution >= 4 is 0 Å². The van der Waals surface area contributed by atoms with Crippen LogP contribution in [0.3, 0.4) is 0 Å². The highest BCUT2D eigenvalue weighted by molar-refractivity contribution is 5.28. The summed E-state index contributed by atoms with van der Waals surface area (Å²) >= 11 is 0. The molecule has 0 aliphatic carbocycles. The van der Waals surface area contributed by atoms with E-state index in [1.807, 2.05) is 48.5 Å². The molecule has 0 heterocycles. The third kappa shape index (κ3) is 7.56. The van der Waals surface area contributed by atoms with Crippen molar-refractivity contribution in [3.8, 4) is 11.5 Å². The molecule has 2 atom stereocenters. The van der Waals surface area contributed by atoms with Gasteiger partial charge in [-0.1, -0.05) is 24.3 Å². The van der Waals surface area contributed by atoms with Gasteiger partial charge in [-0.3, -0.25) is 4.90 Å². The van der Waals surface area contributed by atoms with Gasteiger partial charge in [-0.15, -0.1) is 0 Å². The van der Waals surface area contributed by atoms with Crippen LogP contribution in [0.5, 0.6) is 11.5 Å². The van der Waals surface area contributed by atoms with Crippen LogP contribution in [0.15, 0.2) is 48.5 Å². The molecule has 0 saturated heterocycles. The van der Waals surface area contributed by atoms with Crippen molar-refractivity contribution in [3.63, 3.8) is 0 Å². The van der Waals surface area contributed by atoms with Crippen molar-refractivity contribution in [2.45, 2.75) is 38.5 Å². The van der Waals surface area contributed by atoms with Crippen LogP contribution < -0.4 is 9.47 Å². The first-order chi connectivity index (χ1) is 13.9. The third-order valence-electron chi connectivity index (χ3n) is 4.36. The number of halogens is 3. The number of methoxy groups -OCH3 is 2. The Balaban J connectivity index is 2.05. The molecule has 0 amide bonds. The number of ether oxygens (including phenoxy) is 3. The van der Waals surface area contributed by atoms with Crippen molar-refractivity contribution in [2.24, 2.45) is 0 Å². The molecule has 2 aromatic rings. The molecule has 0 aliphatic rings. The highest BCUT2D eigenvalue weighted by Gasteiger charge is 2.22. The van der Waals surface area contributed by atoms with E-state index in [2.05, 4.69) is 4.74 Å². The average molecular weight is 413 g/mol. The van der Waals surface area contributed by atoms with Gasteiger partial charge in [0.05, 0.1) is 20.8 Å². The summed E-state index contributed by atoms with van der Waals surface area (Å²) < 4.78 is 52.1. The molecule has 160 valence electrons. The minimum Gasteiger partial charge on any atom is -0.497 e. The lowest BCUT2D eigenvalue weighted by Crippen LogP contribution is -2.35. The smallest absolute Gasteiger partial charge is 0.293 e. The van der Waals surface area contributed by atoms with E-state index in [1.54, 1.807) is 19.1 Å². The fourth-order valence-corrected chi connectivity index (χ4v) is 2.74. The van der Waals surface area contributed by atoms with Crippen LogP contribution in [0.4, 0.5) is 13.2 Å². The monoisotopic (exact) mass is 413 g/mol. The molecule has 0 spiro atoms. The number of hydrogen-bond acceptors (Lipinski definition) is 5. The van der Waals surface area contributed by atoms with Crippen LogP contribution in [-0.2, 0) is 17.8 Å². The molecule has 0 bridgehead atoms. The molecule has 2 rings (SSSR count). The minimum absolute atomic E-state index is 0.0144. The molecule has 2 unspecified atom stereocenters. The van der Waals surface area contributed by atoms with Gasteiger partial charge in [-0.2, -0.15) is 0 Å². The Morgan fingerprint density at radius 2 is 1.28 bits per heavy atom. The predicted molar refractivity (Wildman–Crippen MR) is 103 cm³/mol. The van der Waals surface area contributed by atoms with E-state index < -0.39 is 19.0 Å². The van der Waals surface area contributed by atoms with Gasteiger partial charge in [-0.05, 0) is 35.4 Å². The Hall–Kier alpha value is -2.29. The molecular weight excluding hydrogens is 387 g/mol. The van der Waals surface area contributed by atoms with E-state index in [-0.39, 0.29) is 13.0 Å². The molecule has 0 fully saturated rings. The molecule has 29 heavy (non-hydrogen) atoms. The van der Waals surface area contributed by atoms with Gasteiger partial charge in [0.1, 0.15) is 17.7 Å². The second-order valence-electron chi connectivity index (χ2n) is 6.43. The van der Waals surface area contributed by atoms with Gasteiger partial charge in [0.25, 0.3) is 12.8 Å². The Bertz CT molecular complexity index is 663. The van der Waals surface area contributed by atoms with E-state index in [9.17, 15) is 18.3 Å². The molecule has 0 radical (unpaired) electrons. The largest absolute Gasteiger partial charge is 0.497 e. The van der Waals surface area contributed by atoms with Gasteiger partial charge in [0.2, 0.25) is 0 Å². The van der Waals surface area contributed by atoms with Crippen LogP contribution in [0.1, 0.15) is 17.5 Å². The number of aliphatic hydroxyl groups excluding tert-OH is 1. The first-order valence-corrected chi connectivity index (χ1v) is 9.14. The summed E-state index contributed by atoms with van der Waals surface area (Å²) in [6.45, 7) is 0.463. The van der Waals surface area contributed by atoms with Crippen molar-refractivity contribution < 1.29 is 32.5 Å². The first kappa shape index (κ1) is 23.0. The highest BCUT2D eigenvalue weighted by atomic mass is 19.3. The normalized spacial score (nSPS) is 13.5. The standard InChI is InChI=1S/C21H26F3NO4/c1-27-17-7-3-15(4-8-17)13-25(14-16-5-9-18(28-2)10-6-16)19(26)11-12-29-21(24)20(22)23/h3-10,19-21,26H,11-14H2,1-2H3. The summed E-state index contributed by atoms with van der Waals surface area (Å²) in [5, 5.41) is 10.6. The van der Waals surface area contributed by atoms with Crippen molar-refractivity contribution in [1.82, 2.24) is 4.90 Å². The van der Waals surface area contributed by atoms with Crippen LogP contribution >= 0.6 is 0 Å². The Labute approximate surface area is 168 Å². The van der Waals surface area contributed by atoms with Gasteiger partial charge >= 0.3 is 0 Å². The zero-order valence-corrected chi connectivity index (χ0v) is 16.4. The van der Waals surface area contributed by atoms with Crippen molar-refractivity contribution in [3.05, 3.63) is 59.7 Å². The number of hydrogen-bond donors (Lipinski definition) is 1. The topological polar surface area (TPSA) is 51.2 Å². The zero-order valence-electron chi connectivity index (χ0n) is 16.4. The minimum atomic E-state index is -3.21. The average Bonchev–Trinajstić information content (AvgIpc) is 2.74. The first-order valence-electron chi connectivity index (χ1n) is 9.14. The highest BCUT2D eigenvalue weighted by Crippen LogP contribution is 2.19. The lowest BCUT2D eigenvalue weighted by atomic mass is 10.1. The molecule has 0 saturated carbocycles. The molecule has 1 N–H and O–H groups in total. The second kappa shape index (κ2) is 11.6. The molecule has 8 heteroatoms. The quantitative estimate of drug-likeness (QED) is 0.533. The van der Waals surface area contributed by atoms with Gasteiger partial charge < -0.3 is 19.3 Å². The molecule has 0 aliphatic heterocycles. The summed E-state index contributed by atoms with van der Waals surface area (Å²) in [6, 6.07) is 14.7. The maximum atomic E-state index is 12.9. The number of benzene rings is 2. The molecule has 0 aromatic heterocycles. The Morgan fingerprint density at radius 3 is 1.66 bits per heavy atom. The summed E-state index contributed by atoms with van der Waals surface area (Å²) in [5.41, 5.74) is 1.85. The Kier molecular flexibility index (Phi) is 9.24. The van der Waals surface area contributed by atoms with Crippen LogP contribution in [-0.4, -0.2) is 49.8 Å². The summed E-state index contributed by atoms with van der Waals surface area (Å²) in [7, 11) is 3.15. The van der Waals surface area contributed by atoms with Crippen LogP contribution in [0.2, 0.25) is 0 Å². The van der Waals surface area contributed by atoms with Gasteiger partial charge in [0, 0.05) is 19.5 Å².